The standard InChI is InChI=1S/C17H16N2O2/c1-10-13(9-18)16(11-5-7-12(20)8-6-11)17-14(19-10)3-2-4-15(17)21/h3,5-8,16-17,19-20H,2,4H2,1H3. The number of carbonyl (C=O) groups excluding carboxylic acids is 1. The van der Waals surface area contributed by atoms with Gasteiger partial charge in [0, 0.05) is 23.7 Å². The fourth-order valence-electron chi connectivity index (χ4n) is 3.20. The number of fused-ring (bicyclic) bond motifs is 1. The summed E-state index contributed by atoms with van der Waals surface area (Å²) in [6.07, 6.45) is 3.31. The summed E-state index contributed by atoms with van der Waals surface area (Å²) in [7, 11) is 0. The van der Waals surface area contributed by atoms with Crippen molar-refractivity contribution in [1.29, 1.82) is 5.26 Å². The average molecular weight is 280 g/mol. The molecule has 1 aliphatic carbocycles. The van der Waals surface area contributed by atoms with Crippen LogP contribution in [0.25, 0.3) is 0 Å². The number of nitriles is 1. The molecule has 21 heavy (non-hydrogen) atoms. The van der Waals surface area contributed by atoms with E-state index in [9.17, 15) is 15.2 Å². The first kappa shape index (κ1) is 13.4. The van der Waals surface area contributed by atoms with Gasteiger partial charge in [0.15, 0.2) is 0 Å². The highest BCUT2D eigenvalue weighted by Crippen LogP contribution is 2.43. The van der Waals surface area contributed by atoms with Gasteiger partial charge in [-0.3, -0.25) is 4.79 Å². The number of hydrogen-bond donors (Lipinski definition) is 2. The summed E-state index contributed by atoms with van der Waals surface area (Å²) in [5, 5.41) is 22.2. The molecule has 1 aliphatic heterocycles. The number of allylic oxidation sites excluding steroid dienone is 4. The molecule has 0 bridgehead atoms. The minimum Gasteiger partial charge on any atom is -0.508 e. The predicted molar refractivity (Wildman–Crippen MR) is 78.1 cm³/mol. The van der Waals surface area contributed by atoms with E-state index in [-0.39, 0.29) is 23.4 Å². The lowest BCUT2D eigenvalue weighted by atomic mass is 9.71. The number of Topliss-reactive ketones (excluding diaryl/α,β-unsaturated/α-hetero) is 1. The highest BCUT2D eigenvalue weighted by Gasteiger charge is 2.40. The van der Waals surface area contributed by atoms with Crippen LogP contribution in [0.15, 0.2) is 47.3 Å². The van der Waals surface area contributed by atoms with Crippen molar-refractivity contribution in [2.45, 2.75) is 25.7 Å². The predicted octanol–water partition coefficient (Wildman–Crippen LogP) is 2.74. The van der Waals surface area contributed by atoms with E-state index >= 15 is 0 Å². The van der Waals surface area contributed by atoms with Gasteiger partial charge in [-0.25, -0.2) is 0 Å². The molecule has 3 rings (SSSR count). The van der Waals surface area contributed by atoms with Gasteiger partial charge < -0.3 is 10.4 Å². The van der Waals surface area contributed by atoms with Crippen LogP contribution in [0.3, 0.4) is 0 Å². The fourth-order valence-corrected chi connectivity index (χ4v) is 3.20. The Hall–Kier alpha value is -2.54. The van der Waals surface area contributed by atoms with Crippen molar-refractivity contribution in [2.24, 2.45) is 5.92 Å². The normalized spacial score (nSPS) is 24.8. The number of benzene rings is 1. The number of aromatic hydroxyl groups is 1. The quantitative estimate of drug-likeness (QED) is 0.829. The van der Waals surface area contributed by atoms with Gasteiger partial charge in [0.05, 0.1) is 17.6 Å². The van der Waals surface area contributed by atoms with Crippen LogP contribution < -0.4 is 5.32 Å². The van der Waals surface area contributed by atoms with Crippen molar-refractivity contribution < 1.29 is 9.90 Å². The number of nitrogens with zero attached hydrogens (tertiary/aromatic N) is 1. The number of nitrogens with one attached hydrogen (secondary N) is 1. The van der Waals surface area contributed by atoms with Gasteiger partial charge >= 0.3 is 0 Å². The molecule has 1 aromatic rings. The Morgan fingerprint density at radius 3 is 2.67 bits per heavy atom. The summed E-state index contributed by atoms with van der Waals surface area (Å²) in [4.78, 5) is 12.4. The number of carbonyl (C=O) groups is 1. The van der Waals surface area contributed by atoms with Crippen LogP contribution in [0.2, 0.25) is 0 Å². The SMILES string of the molecule is CC1=C(C#N)C(c2ccc(O)cc2)C2C(=O)CCC=C2N1. The topological polar surface area (TPSA) is 73.1 Å². The first-order valence-corrected chi connectivity index (χ1v) is 7.01. The van der Waals surface area contributed by atoms with E-state index in [4.69, 9.17) is 0 Å². The second-order valence-electron chi connectivity index (χ2n) is 5.49. The molecule has 0 spiro atoms. The zero-order valence-corrected chi connectivity index (χ0v) is 11.8. The van der Waals surface area contributed by atoms with Gasteiger partial charge in [0.25, 0.3) is 0 Å². The zero-order chi connectivity index (χ0) is 15.0. The largest absolute Gasteiger partial charge is 0.508 e. The van der Waals surface area contributed by atoms with E-state index in [2.05, 4.69) is 17.5 Å². The van der Waals surface area contributed by atoms with E-state index in [1.54, 1.807) is 24.3 Å². The van der Waals surface area contributed by atoms with Gasteiger partial charge in [-0.15, -0.1) is 0 Å². The molecule has 0 radical (unpaired) electrons. The Morgan fingerprint density at radius 1 is 1.29 bits per heavy atom. The minimum absolute atomic E-state index is 0.165. The summed E-state index contributed by atoms with van der Waals surface area (Å²) < 4.78 is 0. The Kier molecular flexibility index (Phi) is 3.26. The maximum Gasteiger partial charge on any atom is 0.143 e. The second kappa shape index (κ2) is 5.10. The molecular formula is C17H16N2O2. The highest BCUT2D eigenvalue weighted by molar-refractivity contribution is 5.87. The molecule has 0 aromatic heterocycles. The summed E-state index contributed by atoms with van der Waals surface area (Å²) >= 11 is 0. The molecule has 2 unspecified atom stereocenters. The van der Waals surface area contributed by atoms with Crippen LogP contribution in [-0.2, 0) is 4.79 Å². The first-order chi connectivity index (χ1) is 10.1. The summed E-state index contributed by atoms with van der Waals surface area (Å²) in [6.45, 7) is 1.86. The van der Waals surface area contributed by atoms with Crippen LogP contribution >= 0.6 is 0 Å². The van der Waals surface area contributed by atoms with Crippen LogP contribution in [-0.4, -0.2) is 10.9 Å². The molecule has 0 saturated carbocycles. The number of phenolic OH excluding ortho intramolecular Hbond substituents is 1. The Morgan fingerprint density at radius 2 is 2.00 bits per heavy atom. The second-order valence-corrected chi connectivity index (χ2v) is 5.49. The lowest BCUT2D eigenvalue weighted by Crippen LogP contribution is -2.38. The molecule has 4 nitrogen and oxygen atoms in total. The van der Waals surface area contributed by atoms with Crippen molar-refractivity contribution in [3.05, 3.63) is 52.9 Å². The number of ketones is 1. The van der Waals surface area contributed by atoms with Crippen molar-refractivity contribution in [3.8, 4) is 11.8 Å². The maximum absolute atomic E-state index is 12.4. The number of hydrogen-bond acceptors (Lipinski definition) is 4. The molecule has 0 amide bonds. The molecule has 2 atom stereocenters. The van der Waals surface area contributed by atoms with Crippen molar-refractivity contribution in [3.63, 3.8) is 0 Å². The summed E-state index contributed by atoms with van der Waals surface area (Å²) in [5.41, 5.74) is 3.18. The van der Waals surface area contributed by atoms with Gasteiger partial charge in [-0.2, -0.15) is 5.26 Å². The third-order valence-electron chi connectivity index (χ3n) is 4.19. The highest BCUT2D eigenvalue weighted by atomic mass is 16.3. The van der Waals surface area contributed by atoms with Crippen LogP contribution in [0.5, 0.6) is 5.75 Å². The fraction of sp³-hybridized carbons (Fsp3) is 0.294. The summed E-state index contributed by atoms with van der Waals surface area (Å²) in [5.74, 6) is -0.242. The third kappa shape index (κ3) is 2.21. The Labute approximate surface area is 123 Å². The molecule has 4 heteroatoms. The lowest BCUT2D eigenvalue weighted by molar-refractivity contribution is -0.122. The molecule has 1 aromatic carbocycles. The molecule has 2 aliphatic rings. The smallest absolute Gasteiger partial charge is 0.143 e. The van der Waals surface area contributed by atoms with E-state index in [1.807, 2.05) is 6.92 Å². The van der Waals surface area contributed by atoms with Crippen molar-refractivity contribution in [2.75, 3.05) is 0 Å². The van der Waals surface area contributed by atoms with E-state index in [1.165, 1.54) is 0 Å². The zero-order valence-electron chi connectivity index (χ0n) is 11.8. The van der Waals surface area contributed by atoms with Gasteiger partial charge in [0.1, 0.15) is 11.5 Å². The summed E-state index contributed by atoms with van der Waals surface area (Å²) in [6, 6.07) is 9.01. The Balaban J connectivity index is 2.16. The van der Waals surface area contributed by atoms with Crippen LogP contribution in [0.4, 0.5) is 0 Å². The number of phenols is 1. The minimum atomic E-state index is -0.318. The average Bonchev–Trinajstić information content (AvgIpc) is 2.47. The first-order valence-electron chi connectivity index (χ1n) is 7.01. The number of rotatable bonds is 1. The van der Waals surface area contributed by atoms with Crippen LogP contribution in [0.1, 0.15) is 31.2 Å². The molecule has 0 fully saturated rings. The third-order valence-corrected chi connectivity index (χ3v) is 4.19. The van der Waals surface area contributed by atoms with Crippen molar-refractivity contribution in [1.82, 2.24) is 5.32 Å². The van der Waals surface area contributed by atoms with Gasteiger partial charge in [-0.1, -0.05) is 18.2 Å². The van der Waals surface area contributed by atoms with E-state index < -0.39 is 0 Å². The Bertz CT molecular complexity index is 692. The molecule has 106 valence electrons. The van der Waals surface area contributed by atoms with Gasteiger partial charge in [-0.05, 0) is 31.0 Å². The molecular weight excluding hydrogens is 264 g/mol. The molecule has 1 heterocycles. The van der Waals surface area contributed by atoms with Crippen LogP contribution in [0, 0.1) is 17.2 Å². The lowest BCUT2D eigenvalue weighted by Gasteiger charge is -2.36. The van der Waals surface area contributed by atoms with E-state index in [0.29, 0.717) is 12.0 Å². The molecule has 0 saturated heterocycles. The van der Waals surface area contributed by atoms with E-state index in [0.717, 1.165) is 23.4 Å². The monoisotopic (exact) mass is 280 g/mol. The maximum atomic E-state index is 12.4. The molecule has 2 N–H and O–H groups in total. The van der Waals surface area contributed by atoms with Gasteiger partial charge in [0.2, 0.25) is 0 Å². The van der Waals surface area contributed by atoms with Crippen molar-refractivity contribution >= 4 is 5.78 Å².